The van der Waals surface area contributed by atoms with Crippen LogP contribution in [0, 0.1) is 0 Å². The van der Waals surface area contributed by atoms with E-state index in [1.807, 2.05) is 18.2 Å². The van der Waals surface area contributed by atoms with E-state index < -0.39 is 0 Å². The van der Waals surface area contributed by atoms with E-state index in [4.69, 9.17) is 11.6 Å². The summed E-state index contributed by atoms with van der Waals surface area (Å²) < 4.78 is 0. The molecule has 1 aliphatic heterocycles. The molecule has 3 heteroatoms. The van der Waals surface area contributed by atoms with Crippen LogP contribution in [0.2, 0.25) is 5.02 Å². The summed E-state index contributed by atoms with van der Waals surface area (Å²) in [5, 5.41) is 4.41. The summed E-state index contributed by atoms with van der Waals surface area (Å²) in [4.78, 5) is 2.63. The predicted octanol–water partition coefficient (Wildman–Crippen LogP) is 5.10. The van der Waals surface area contributed by atoms with Crippen molar-refractivity contribution in [3.8, 4) is 0 Å². The van der Waals surface area contributed by atoms with Crippen molar-refractivity contribution in [2.45, 2.75) is 32.0 Å². The summed E-state index contributed by atoms with van der Waals surface area (Å²) in [6.07, 6.45) is 2.22. The number of benzene rings is 3. The van der Waals surface area contributed by atoms with E-state index in [1.165, 1.54) is 16.7 Å². The maximum Gasteiger partial charge on any atom is 0.0450 e. The maximum absolute atomic E-state index is 6.27. The Morgan fingerprint density at radius 2 is 1.57 bits per heavy atom. The average Bonchev–Trinajstić information content (AvgIpc) is 2.73. The van der Waals surface area contributed by atoms with Crippen LogP contribution in [0.1, 0.15) is 22.3 Å². The fraction of sp³-hybridized carbons (Fsp3) is 0.280. The molecule has 1 heterocycles. The van der Waals surface area contributed by atoms with Gasteiger partial charge >= 0.3 is 0 Å². The van der Waals surface area contributed by atoms with Crippen LogP contribution < -0.4 is 5.32 Å². The first kappa shape index (κ1) is 19.2. The molecule has 0 saturated carbocycles. The number of nitrogens with zero attached hydrogens (tertiary/aromatic N) is 1. The predicted molar refractivity (Wildman–Crippen MR) is 118 cm³/mol. The molecule has 1 N–H and O–H groups in total. The Kier molecular flexibility index (Phi) is 6.43. The first-order valence-electron chi connectivity index (χ1n) is 10.1. The van der Waals surface area contributed by atoms with Crippen LogP contribution >= 0.6 is 11.6 Å². The van der Waals surface area contributed by atoms with Crippen molar-refractivity contribution in [1.29, 1.82) is 0 Å². The van der Waals surface area contributed by atoms with Crippen LogP contribution in [-0.2, 0) is 25.9 Å². The van der Waals surface area contributed by atoms with Crippen molar-refractivity contribution in [3.63, 3.8) is 0 Å². The molecular formula is C25H27ClN2. The second-order valence-corrected chi connectivity index (χ2v) is 7.96. The molecule has 0 radical (unpaired) electrons. The number of halogens is 1. The van der Waals surface area contributed by atoms with Gasteiger partial charge in [0.25, 0.3) is 0 Å². The van der Waals surface area contributed by atoms with Crippen molar-refractivity contribution in [2.24, 2.45) is 0 Å². The fourth-order valence-electron chi connectivity index (χ4n) is 4.08. The Hall–Kier alpha value is -2.13. The van der Waals surface area contributed by atoms with E-state index in [0.717, 1.165) is 49.6 Å². The van der Waals surface area contributed by atoms with Crippen molar-refractivity contribution >= 4 is 11.6 Å². The lowest BCUT2D eigenvalue weighted by Crippen LogP contribution is -2.44. The van der Waals surface area contributed by atoms with Gasteiger partial charge in [0.2, 0.25) is 0 Å². The van der Waals surface area contributed by atoms with E-state index in [1.54, 1.807) is 0 Å². The first-order valence-corrected chi connectivity index (χ1v) is 10.5. The topological polar surface area (TPSA) is 15.3 Å². The number of nitrogens with one attached hydrogen (secondary N) is 1. The van der Waals surface area contributed by atoms with Crippen molar-refractivity contribution in [1.82, 2.24) is 10.2 Å². The van der Waals surface area contributed by atoms with Gasteiger partial charge in [-0.2, -0.15) is 0 Å². The fourth-order valence-corrected chi connectivity index (χ4v) is 4.28. The highest BCUT2D eigenvalue weighted by Gasteiger charge is 2.25. The number of fused-ring (bicyclic) bond motifs is 1. The molecule has 1 atom stereocenters. The first-order chi connectivity index (χ1) is 13.8. The van der Waals surface area contributed by atoms with Crippen LogP contribution in [0.4, 0.5) is 0 Å². The maximum atomic E-state index is 6.27. The summed E-state index contributed by atoms with van der Waals surface area (Å²) >= 11 is 6.27. The lowest BCUT2D eigenvalue weighted by atomic mass is 9.90. The highest BCUT2D eigenvalue weighted by Crippen LogP contribution is 2.25. The van der Waals surface area contributed by atoms with Gasteiger partial charge in [0.05, 0.1) is 0 Å². The molecule has 144 valence electrons. The molecule has 0 amide bonds. The normalized spacial score (nSPS) is 16.7. The summed E-state index contributed by atoms with van der Waals surface area (Å²) in [5.41, 5.74) is 5.55. The largest absolute Gasteiger partial charge is 0.311 e. The van der Waals surface area contributed by atoms with Gasteiger partial charge in [-0.05, 0) is 41.2 Å². The van der Waals surface area contributed by atoms with Gasteiger partial charge in [0.1, 0.15) is 0 Å². The van der Waals surface area contributed by atoms with Crippen LogP contribution in [0.5, 0.6) is 0 Å². The SMILES string of the molecule is Clc1ccccc1CNCCN1Cc2ccccc2CC1Cc1ccccc1. The second kappa shape index (κ2) is 9.38. The lowest BCUT2D eigenvalue weighted by Gasteiger charge is -2.37. The van der Waals surface area contributed by atoms with Gasteiger partial charge < -0.3 is 5.32 Å². The molecule has 1 unspecified atom stereocenters. The van der Waals surface area contributed by atoms with E-state index in [9.17, 15) is 0 Å². The summed E-state index contributed by atoms with van der Waals surface area (Å²) in [5.74, 6) is 0. The Morgan fingerprint density at radius 3 is 2.39 bits per heavy atom. The van der Waals surface area contributed by atoms with Gasteiger partial charge in [0.15, 0.2) is 0 Å². The molecular weight excluding hydrogens is 364 g/mol. The van der Waals surface area contributed by atoms with Crippen molar-refractivity contribution < 1.29 is 0 Å². The van der Waals surface area contributed by atoms with Crippen LogP contribution in [0.15, 0.2) is 78.9 Å². The minimum Gasteiger partial charge on any atom is -0.311 e. The van der Waals surface area contributed by atoms with Crippen molar-refractivity contribution in [3.05, 3.63) is 106 Å². The lowest BCUT2D eigenvalue weighted by molar-refractivity contribution is 0.170. The van der Waals surface area contributed by atoms with E-state index in [2.05, 4.69) is 70.9 Å². The molecule has 0 aliphatic carbocycles. The second-order valence-electron chi connectivity index (χ2n) is 7.56. The number of hydrogen-bond acceptors (Lipinski definition) is 2. The Labute approximate surface area is 173 Å². The molecule has 0 saturated heterocycles. The highest BCUT2D eigenvalue weighted by atomic mass is 35.5. The van der Waals surface area contributed by atoms with Crippen LogP contribution in [0.25, 0.3) is 0 Å². The monoisotopic (exact) mass is 390 g/mol. The molecule has 3 aromatic rings. The van der Waals surface area contributed by atoms with Crippen LogP contribution in [0.3, 0.4) is 0 Å². The number of hydrogen-bond donors (Lipinski definition) is 1. The molecule has 28 heavy (non-hydrogen) atoms. The molecule has 0 fully saturated rings. The Morgan fingerprint density at radius 1 is 0.857 bits per heavy atom. The molecule has 0 bridgehead atoms. The van der Waals surface area contributed by atoms with Gasteiger partial charge in [-0.25, -0.2) is 0 Å². The summed E-state index contributed by atoms with van der Waals surface area (Å²) in [6, 6.07) is 28.4. The van der Waals surface area contributed by atoms with E-state index >= 15 is 0 Å². The minimum absolute atomic E-state index is 0.541. The molecule has 3 aromatic carbocycles. The standard InChI is InChI=1S/C25H27ClN2/c26-25-13-7-6-11-22(25)18-27-14-15-28-19-23-12-5-4-10-21(23)17-24(28)16-20-8-2-1-3-9-20/h1-13,24,27H,14-19H2. The van der Waals surface area contributed by atoms with E-state index in [-0.39, 0.29) is 0 Å². The van der Waals surface area contributed by atoms with E-state index in [0.29, 0.717) is 6.04 Å². The van der Waals surface area contributed by atoms with Gasteiger partial charge in [0, 0.05) is 37.2 Å². The zero-order valence-electron chi connectivity index (χ0n) is 16.2. The van der Waals surface area contributed by atoms with Gasteiger partial charge in [-0.3, -0.25) is 4.90 Å². The smallest absolute Gasteiger partial charge is 0.0450 e. The van der Waals surface area contributed by atoms with Crippen LogP contribution in [-0.4, -0.2) is 24.0 Å². The summed E-state index contributed by atoms with van der Waals surface area (Å²) in [6.45, 7) is 3.84. The summed E-state index contributed by atoms with van der Waals surface area (Å²) in [7, 11) is 0. The third kappa shape index (κ3) is 4.82. The van der Waals surface area contributed by atoms with Crippen molar-refractivity contribution in [2.75, 3.05) is 13.1 Å². The molecule has 0 spiro atoms. The molecule has 1 aliphatic rings. The minimum atomic E-state index is 0.541. The molecule has 2 nitrogen and oxygen atoms in total. The molecule has 0 aromatic heterocycles. The quantitative estimate of drug-likeness (QED) is 0.564. The third-order valence-corrected chi connectivity index (χ3v) is 6.00. The Balaban J connectivity index is 1.40. The third-order valence-electron chi connectivity index (χ3n) is 5.63. The average molecular weight is 391 g/mol. The van der Waals surface area contributed by atoms with Gasteiger partial charge in [-0.15, -0.1) is 0 Å². The zero-order chi connectivity index (χ0) is 19.2. The zero-order valence-corrected chi connectivity index (χ0v) is 16.9. The highest BCUT2D eigenvalue weighted by molar-refractivity contribution is 6.31. The van der Waals surface area contributed by atoms with Gasteiger partial charge in [-0.1, -0.05) is 84.4 Å². The Bertz CT molecular complexity index is 894. The number of rotatable bonds is 7. The molecule has 4 rings (SSSR count).